The van der Waals surface area contributed by atoms with Crippen LogP contribution in [0.2, 0.25) is 0 Å². The number of rotatable bonds is 4. The van der Waals surface area contributed by atoms with Crippen LogP contribution in [-0.4, -0.2) is 6.61 Å². The largest absolute Gasteiger partial charge is 0.491 e. The molecule has 3 heteroatoms. The van der Waals surface area contributed by atoms with E-state index in [0.29, 0.717) is 24.0 Å². The van der Waals surface area contributed by atoms with Crippen molar-refractivity contribution in [2.75, 3.05) is 12.3 Å². The second kappa shape index (κ2) is 4.84. The summed E-state index contributed by atoms with van der Waals surface area (Å²) < 4.78 is 18.2. The highest BCUT2D eigenvalue weighted by atomic mass is 19.1. The highest BCUT2D eigenvalue weighted by Gasteiger charge is 2.02. The van der Waals surface area contributed by atoms with Gasteiger partial charge in [0.25, 0.3) is 0 Å². The number of halogens is 1. The Bertz CT molecular complexity index is 299. The van der Waals surface area contributed by atoms with E-state index in [1.165, 1.54) is 18.2 Å². The summed E-state index contributed by atoms with van der Waals surface area (Å²) in [6.45, 7) is 4.79. The van der Waals surface area contributed by atoms with Crippen molar-refractivity contribution < 1.29 is 9.13 Å². The molecule has 0 amide bonds. The van der Waals surface area contributed by atoms with E-state index < -0.39 is 0 Å². The molecule has 0 bridgehead atoms. The summed E-state index contributed by atoms with van der Waals surface area (Å²) in [5.41, 5.74) is 6.10. The Labute approximate surface area is 83.9 Å². The maximum Gasteiger partial charge on any atom is 0.145 e. The Morgan fingerprint density at radius 2 is 2.14 bits per heavy atom. The number of hydrogen-bond donors (Lipinski definition) is 1. The number of hydrogen-bond acceptors (Lipinski definition) is 2. The maximum atomic E-state index is 12.8. The van der Waals surface area contributed by atoms with Crippen molar-refractivity contribution in [2.24, 2.45) is 5.92 Å². The zero-order valence-corrected chi connectivity index (χ0v) is 8.59. The summed E-state index contributed by atoms with van der Waals surface area (Å²) in [4.78, 5) is 0. The second-order valence-electron chi connectivity index (χ2n) is 3.71. The van der Waals surface area contributed by atoms with E-state index in [2.05, 4.69) is 13.8 Å². The molecule has 0 unspecified atom stereocenters. The zero-order chi connectivity index (χ0) is 10.6. The lowest BCUT2D eigenvalue weighted by Gasteiger charge is -2.09. The molecular formula is C11H16FNO. The van der Waals surface area contributed by atoms with E-state index in [1.54, 1.807) is 0 Å². The Kier molecular flexibility index (Phi) is 3.74. The molecule has 0 fully saturated rings. The highest BCUT2D eigenvalue weighted by molar-refractivity contribution is 5.52. The van der Waals surface area contributed by atoms with E-state index in [4.69, 9.17) is 10.5 Å². The van der Waals surface area contributed by atoms with Gasteiger partial charge >= 0.3 is 0 Å². The molecule has 2 nitrogen and oxygen atoms in total. The van der Waals surface area contributed by atoms with Crippen LogP contribution in [0, 0.1) is 11.7 Å². The number of anilines is 1. The Morgan fingerprint density at radius 3 is 2.79 bits per heavy atom. The number of nitrogens with two attached hydrogens (primary N) is 1. The normalized spacial score (nSPS) is 10.6. The number of nitrogen functional groups attached to an aromatic ring is 1. The summed E-state index contributed by atoms with van der Waals surface area (Å²) in [6, 6.07) is 4.15. The molecule has 1 aromatic carbocycles. The summed E-state index contributed by atoms with van der Waals surface area (Å²) in [6.07, 6.45) is 0.940. The molecule has 0 saturated heterocycles. The smallest absolute Gasteiger partial charge is 0.145 e. The fourth-order valence-electron chi connectivity index (χ4n) is 1.04. The predicted octanol–water partition coefficient (Wildman–Crippen LogP) is 2.83. The molecule has 78 valence electrons. The summed E-state index contributed by atoms with van der Waals surface area (Å²) in [5, 5.41) is 0. The van der Waals surface area contributed by atoms with Crippen molar-refractivity contribution in [1.29, 1.82) is 0 Å². The van der Waals surface area contributed by atoms with Crippen LogP contribution in [0.3, 0.4) is 0 Å². The van der Waals surface area contributed by atoms with Gasteiger partial charge in [-0.3, -0.25) is 0 Å². The first kappa shape index (κ1) is 10.8. The molecule has 0 radical (unpaired) electrons. The molecule has 0 spiro atoms. The van der Waals surface area contributed by atoms with Gasteiger partial charge in [0.15, 0.2) is 0 Å². The van der Waals surface area contributed by atoms with Gasteiger partial charge in [0.05, 0.1) is 12.3 Å². The molecule has 0 aliphatic heterocycles. The Morgan fingerprint density at radius 1 is 1.43 bits per heavy atom. The maximum absolute atomic E-state index is 12.8. The topological polar surface area (TPSA) is 35.2 Å². The van der Waals surface area contributed by atoms with Crippen LogP contribution in [0.4, 0.5) is 10.1 Å². The van der Waals surface area contributed by atoms with E-state index >= 15 is 0 Å². The van der Waals surface area contributed by atoms with Crippen molar-refractivity contribution in [1.82, 2.24) is 0 Å². The van der Waals surface area contributed by atoms with Crippen LogP contribution in [-0.2, 0) is 0 Å². The molecule has 0 aromatic heterocycles. The molecule has 14 heavy (non-hydrogen) atoms. The van der Waals surface area contributed by atoms with E-state index in [1.807, 2.05) is 0 Å². The minimum atomic E-state index is -0.321. The third kappa shape index (κ3) is 3.24. The summed E-state index contributed by atoms with van der Waals surface area (Å²) in [5.74, 6) is 0.689. The lowest BCUT2D eigenvalue weighted by molar-refractivity contribution is 0.290. The SMILES string of the molecule is CC(C)CCOc1cc(F)ccc1N. The van der Waals surface area contributed by atoms with E-state index in [0.717, 1.165) is 6.42 Å². The zero-order valence-electron chi connectivity index (χ0n) is 8.59. The van der Waals surface area contributed by atoms with Gasteiger partial charge < -0.3 is 10.5 Å². The molecule has 2 N–H and O–H groups in total. The first-order valence-electron chi connectivity index (χ1n) is 4.77. The van der Waals surface area contributed by atoms with E-state index in [-0.39, 0.29) is 5.82 Å². The van der Waals surface area contributed by atoms with Crippen molar-refractivity contribution in [3.63, 3.8) is 0 Å². The van der Waals surface area contributed by atoms with Crippen molar-refractivity contribution in [3.8, 4) is 5.75 Å². The van der Waals surface area contributed by atoms with Crippen molar-refractivity contribution in [3.05, 3.63) is 24.0 Å². The fraction of sp³-hybridized carbons (Fsp3) is 0.455. The van der Waals surface area contributed by atoms with Gasteiger partial charge in [0.1, 0.15) is 11.6 Å². The molecule has 0 atom stereocenters. The van der Waals surface area contributed by atoms with Gasteiger partial charge in [-0.15, -0.1) is 0 Å². The van der Waals surface area contributed by atoms with Crippen molar-refractivity contribution >= 4 is 5.69 Å². The van der Waals surface area contributed by atoms with Crippen LogP contribution < -0.4 is 10.5 Å². The van der Waals surface area contributed by atoms with Gasteiger partial charge in [-0.25, -0.2) is 4.39 Å². The number of ether oxygens (including phenoxy) is 1. The van der Waals surface area contributed by atoms with Crippen LogP contribution in [0.25, 0.3) is 0 Å². The van der Waals surface area contributed by atoms with Crippen LogP contribution >= 0.6 is 0 Å². The second-order valence-corrected chi connectivity index (χ2v) is 3.71. The van der Waals surface area contributed by atoms with E-state index in [9.17, 15) is 4.39 Å². The Hall–Kier alpha value is -1.25. The lowest BCUT2D eigenvalue weighted by atomic mass is 10.1. The van der Waals surface area contributed by atoms with Crippen molar-refractivity contribution in [2.45, 2.75) is 20.3 Å². The number of benzene rings is 1. The first-order chi connectivity index (χ1) is 6.59. The molecule has 0 heterocycles. The fourth-order valence-corrected chi connectivity index (χ4v) is 1.04. The summed E-state index contributed by atoms with van der Waals surface area (Å²) >= 11 is 0. The lowest BCUT2D eigenvalue weighted by Crippen LogP contribution is -2.03. The van der Waals surface area contributed by atoms with Crippen LogP contribution in [0.1, 0.15) is 20.3 Å². The molecule has 1 rings (SSSR count). The minimum Gasteiger partial charge on any atom is -0.491 e. The standard InChI is InChI=1S/C11H16FNO/c1-8(2)5-6-14-11-7-9(12)3-4-10(11)13/h3-4,7-8H,5-6,13H2,1-2H3. The molecule has 1 aromatic rings. The third-order valence-corrected chi connectivity index (χ3v) is 1.93. The molecule has 0 saturated carbocycles. The average molecular weight is 197 g/mol. The minimum absolute atomic E-state index is 0.321. The monoisotopic (exact) mass is 197 g/mol. The van der Waals surface area contributed by atoms with Gasteiger partial charge in [-0.05, 0) is 24.5 Å². The Balaban J connectivity index is 2.53. The third-order valence-electron chi connectivity index (χ3n) is 1.93. The molecule has 0 aliphatic carbocycles. The first-order valence-corrected chi connectivity index (χ1v) is 4.77. The van der Waals surface area contributed by atoms with Crippen LogP contribution in [0.15, 0.2) is 18.2 Å². The predicted molar refractivity (Wildman–Crippen MR) is 55.8 cm³/mol. The van der Waals surface area contributed by atoms with Gasteiger partial charge in [-0.1, -0.05) is 13.8 Å². The van der Waals surface area contributed by atoms with Gasteiger partial charge in [-0.2, -0.15) is 0 Å². The highest BCUT2D eigenvalue weighted by Crippen LogP contribution is 2.22. The summed E-state index contributed by atoms with van der Waals surface area (Å²) in [7, 11) is 0. The molecule has 0 aliphatic rings. The van der Waals surface area contributed by atoms with Gasteiger partial charge in [0, 0.05) is 6.07 Å². The average Bonchev–Trinajstić information content (AvgIpc) is 2.10. The molecular weight excluding hydrogens is 181 g/mol. The quantitative estimate of drug-likeness (QED) is 0.753. The van der Waals surface area contributed by atoms with Crippen LogP contribution in [0.5, 0.6) is 5.75 Å². The van der Waals surface area contributed by atoms with Gasteiger partial charge in [0.2, 0.25) is 0 Å².